The Morgan fingerprint density at radius 2 is 2.09 bits per heavy atom. The van der Waals surface area contributed by atoms with Crippen molar-refractivity contribution in [1.29, 1.82) is 5.26 Å². The van der Waals surface area contributed by atoms with E-state index in [1.54, 1.807) is 13.8 Å². The summed E-state index contributed by atoms with van der Waals surface area (Å²) in [5.74, 6) is 0. The molecular weight excluding hydrogens is 140 g/mol. The predicted molar refractivity (Wildman–Crippen MR) is 40.4 cm³/mol. The number of carbonyl (C=O) groups is 1. The molecule has 0 aliphatic rings. The lowest BCUT2D eigenvalue weighted by Crippen LogP contribution is -1.83. The number of nitrogens with one attached hydrogen (secondary N) is 1. The largest absolute Gasteiger partial charge is 0.361 e. The van der Waals surface area contributed by atoms with Crippen LogP contribution in [0.2, 0.25) is 0 Å². The minimum absolute atomic E-state index is 0.456. The van der Waals surface area contributed by atoms with E-state index in [1.165, 1.54) is 0 Å². The Morgan fingerprint density at radius 1 is 1.45 bits per heavy atom. The molecular formula is C8H8N2O. The summed E-state index contributed by atoms with van der Waals surface area (Å²) < 4.78 is 0. The van der Waals surface area contributed by atoms with Gasteiger partial charge in [0.05, 0.1) is 11.1 Å². The summed E-state index contributed by atoms with van der Waals surface area (Å²) >= 11 is 0. The van der Waals surface area contributed by atoms with Crippen molar-refractivity contribution in [3.05, 3.63) is 22.5 Å². The molecule has 1 aromatic heterocycles. The molecule has 1 N–H and O–H groups in total. The Morgan fingerprint density at radius 3 is 2.45 bits per heavy atom. The molecule has 1 rings (SSSR count). The van der Waals surface area contributed by atoms with Gasteiger partial charge in [-0.2, -0.15) is 5.26 Å². The molecule has 56 valence electrons. The lowest BCUT2D eigenvalue weighted by atomic mass is 10.1. The van der Waals surface area contributed by atoms with Gasteiger partial charge in [0.1, 0.15) is 6.07 Å². The lowest BCUT2D eigenvalue weighted by molar-refractivity contribution is 0.112. The smallest absolute Gasteiger partial charge is 0.153 e. The van der Waals surface area contributed by atoms with Crippen molar-refractivity contribution in [2.45, 2.75) is 13.8 Å². The van der Waals surface area contributed by atoms with Crippen molar-refractivity contribution in [3.8, 4) is 6.07 Å². The first-order valence-electron chi connectivity index (χ1n) is 3.25. The van der Waals surface area contributed by atoms with Crippen molar-refractivity contribution >= 4 is 6.29 Å². The first-order chi connectivity index (χ1) is 5.20. The van der Waals surface area contributed by atoms with Crippen molar-refractivity contribution < 1.29 is 4.79 Å². The molecule has 0 amide bonds. The maximum Gasteiger partial charge on any atom is 0.153 e. The molecule has 0 unspecified atom stereocenters. The third kappa shape index (κ3) is 1.03. The zero-order valence-electron chi connectivity index (χ0n) is 6.43. The summed E-state index contributed by atoms with van der Waals surface area (Å²) in [6, 6.07) is 1.97. The summed E-state index contributed by atoms with van der Waals surface area (Å²) in [5.41, 5.74) is 2.45. The Kier molecular flexibility index (Phi) is 1.77. The minimum Gasteiger partial charge on any atom is -0.361 e. The monoisotopic (exact) mass is 148 g/mol. The van der Waals surface area contributed by atoms with Crippen molar-refractivity contribution in [1.82, 2.24) is 4.98 Å². The van der Waals surface area contributed by atoms with Gasteiger partial charge in [-0.25, -0.2) is 0 Å². The SMILES string of the molecule is Cc1[nH]c(C)c(C=O)c1C#N. The molecule has 0 aliphatic heterocycles. The zero-order valence-corrected chi connectivity index (χ0v) is 6.43. The first-order valence-corrected chi connectivity index (χ1v) is 3.25. The van der Waals surface area contributed by atoms with E-state index in [2.05, 4.69) is 4.98 Å². The van der Waals surface area contributed by atoms with Crippen LogP contribution in [0, 0.1) is 25.2 Å². The minimum atomic E-state index is 0.456. The molecule has 3 nitrogen and oxygen atoms in total. The molecule has 3 heteroatoms. The number of nitrogens with zero attached hydrogens (tertiary/aromatic N) is 1. The van der Waals surface area contributed by atoms with Gasteiger partial charge in [-0.05, 0) is 13.8 Å². The molecule has 0 spiro atoms. The fraction of sp³-hybridized carbons (Fsp3) is 0.250. The number of H-pyrrole nitrogens is 1. The van der Waals surface area contributed by atoms with Crippen LogP contribution in [0.5, 0.6) is 0 Å². The Labute approximate surface area is 64.7 Å². The second-order valence-corrected chi connectivity index (χ2v) is 2.39. The van der Waals surface area contributed by atoms with Gasteiger partial charge in [0.15, 0.2) is 6.29 Å². The number of aldehydes is 1. The molecule has 11 heavy (non-hydrogen) atoms. The molecule has 1 aromatic rings. The van der Waals surface area contributed by atoms with Crippen LogP contribution in [0.3, 0.4) is 0 Å². The topological polar surface area (TPSA) is 56.6 Å². The number of carbonyl (C=O) groups excluding carboxylic acids is 1. The summed E-state index contributed by atoms with van der Waals surface area (Å²) in [5, 5.41) is 8.61. The van der Waals surface area contributed by atoms with Crippen LogP contribution < -0.4 is 0 Å². The number of aryl methyl sites for hydroxylation is 2. The first kappa shape index (κ1) is 7.55. The van der Waals surface area contributed by atoms with Crippen molar-refractivity contribution in [3.63, 3.8) is 0 Å². The van der Waals surface area contributed by atoms with E-state index < -0.39 is 0 Å². The highest BCUT2D eigenvalue weighted by atomic mass is 16.1. The number of aromatic nitrogens is 1. The average Bonchev–Trinajstić information content (AvgIpc) is 2.24. The fourth-order valence-corrected chi connectivity index (χ4v) is 1.09. The molecule has 0 saturated heterocycles. The van der Waals surface area contributed by atoms with Crippen LogP contribution in [-0.2, 0) is 0 Å². The normalized spacial score (nSPS) is 9.18. The number of nitriles is 1. The van der Waals surface area contributed by atoms with Crippen molar-refractivity contribution in [2.75, 3.05) is 0 Å². The summed E-state index contributed by atoms with van der Waals surface area (Å²) in [4.78, 5) is 13.4. The summed E-state index contributed by atoms with van der Waals surface area (Å²) in [6.45, 7) is 3.55. The number of rotatable bonds is 1. The van der Waals surface area contributed by atoms with Gasteiger partial charge in [-0.3, -0.25) is 4.79 Å². The van der Waals surface area contributed by atoms with Gasteiger partial charge >= 0.3 is 0 Å². The van der Waals surface area contributed by atoms with E-state index in [1.807, 2.05) is 6.07 Å². The third-order valence-electron chi connectivity index (χ3n) is 1.65. The van der Waals surface area contributed by atoms with E-state index in [0.717, 1.165) is 11.4 Å². The van der Waals surface area contributed by atoms with Gasteiger partial charge in [-0.1, -0.05) is 0 Å². The van der Waals surface area contributed by atoms with Crippen LogP contribution in [0.4, 0.5) is 0 Å². The van der Waals surface area contributed by atoms with Gasteiger partial charge in [0, 0.05) is 11.4 Å². The van der Waals surface area contributed by atoms with Crippen LogP contribution in [0.15, 0.2) is 0 Å². The second-order valence-electron chi connectivity index (χ2n) is 2.39. The van der Waals surface area contributed by atoms with Crippen LogP contribution >= 0.6 is 0 Å². The molecule has 0 aromatic carbocycles. The number of hydrogen-bond donors (Lipinski definition) is 1. The van der Waals surface area contributed by atoms with Crippen LogP contribution in [0.25, 0.3) is 0 Å². The van der Waals surface area contributed by atoms with E-state index in [4.69, 9.17) is 5.26 Å². The molecule has 1 heterocycles. The van der Waals surface area contributed by atoms with E-state index >= 15 is 0 Å². The Hall–Kier alpha value is -1.56. The highest BCUT2D eigenvalue weighted by Crippen LogP contribution is 2.14. The third-order valence-corrected chi connectivity index (χ3v) is 1.65. The van der Waals surface area contributed by atoms with Gasteiger partial charge < -0.3 is 4.98 Å². The maximum absolute atomic E-state index is 10.4. The van der Waals surface area contributed by atoms with E-state index in [-0.39, 0.29) is 0 Å². The lowest BCUT2D eigenvalue weighted by Gasteiger charge is -1.84. The maximum atomic E-state index is 10.4. The van der Waals surface area contributed by atoms with Gasteiger partial charge in [0.25, 0.3) is 0 Å². The molecule has 0 bridgehead atoms. The van der Waals surface area contributed by atoms with Gasteiger partial charge in [0.2, 0.25) is 0 Å². The summed E-state index contributed by atoms with van der Waals surface area (Å²) in [7, 11) is 0. The highest BCUT2D eigenvalue weighted by Gasteiger charge is 2.09. The van der Waals surface area contributed by atoms with Crippen LogP contribution in [-0.4, -0.2) is 11.3 Å². The molecule has 0 fully saturated rings. The number of aromatic amines is 1. The van der Waals surface area contributed by atoms with E-state index in [0.29, 0.717) is 17.4 Å². The molecule has 0 radical (unpaired) electrons. The number of hydrogen-bond acceptors (Lipinski definition) is 2. The molecule has 0 atom stereocenters. The standard InChI is InChI=1S/C8H8N2O/c1-5-7(3-9)8(4-11)6(2)10-5/h4,10H,1-2H3. The van der Waals surface area contributed by atoms with Gasteiger partial charge in [-0.15, -0.1) is 0 Å². The average molecular weight is 148 g/mol. The zero-order chi connectivity index (χ0) is 8.43. The molecule has 0 aliphatic carbocycles. The second kappa shape index (κ2) is 2.59. The van der Waals surface area contributed by atoms with Crippen LogP contribution in [0.1, 0.15) is 27.3 Å². The summed E-state index contributed by atoms with van der Waals surface area (Å²) in [6.07, 6.45) is 0.706. The van der Waals surface area contributed by atoms with E-state index in [9.17, 15) is 4.79 Å². The predicted octanol–water partition coefficient (Wildman–Crippen LogP) is 1.32. The van der Waals surface area contributed by atoms with Crippen molar-refractivity contribution in [2.24, 2.45) is 0 Å². The molecule has 0 saturated carbocycles. The Bertz CT molecular complexity index is 331. The fourth-order valence-electron chi connectivity index (χ4n) is 1.09. The Balaban J connectivity index is 3.43. The quantitative estimate of drug-likeness (QED) is 0.610. The highest BCUT2D eigenvalue weighted by molar-refractivity contribution is 5.81.